The molecular formula is C11H16FNO2. The average molecular weight is 213 g/mol. The van der Waals surface area contributed by atoms with Gasteiger partial charge in [0.1, 0.15) is 0 Å². The molecule has 1 aromatic carbocycles. The van der Waals surface area contributed by atoms with Crippen molar-refractivity contribution in [1.82, 2.24) is 0 Å². The Morgan fingerprint density at radius 1 is 1.40 bits per heavy atom. The van der Waals surface area contributed by atoms with E-state index in [-0.39, 0.29) is 17.7 Å². The Labute approximate surface area is 89.0 Å². The molecule has 0 fully saturated rings. The highest BCUT2D eigenvalue weighted by Gasteiger charge is 2.12. The lowest BCUT2D eigenvalue weighted by Gasteiger charge is -2.15. The predicted octanol–water partition coefficient (Wildman–Crippen LogP) is 1.87. The monoisotopic (exact) mass is 213 g/mol. The van der Waals surface area contributed by atoms with Crippen LogP contribution in [0.4, 0.5) is 4.39 Å². The largest absolute Gasteiger partial charge is 0.494 e. The molecule has 0 spiro atoms. The van der Waals surface area contributed by atoms with Crippen molar-refractivity contribution in [2.24, 2.45) is 5.73 Å². The van der Waals surface area contributed by atoms with Gasteiger partial charge < -0.3 is 15.2 Å². The van der Waals surface area contributed by atoms with E-state index in [9.17, 15) is 4.39 Å². The summed E-state index contributed by atoms with van der Waals surface area (Å²) in [7, 11) is 3.04. The molecule has 0 aliphatic heterocycles. The lowest BCUT2D eigenvalue weighted by Crippen LogP contribution is -2.09. The number of benzene rings is 1. The average Bonchev–Trinajstić information content (AvgIpc) is 2.27. The normalized spacial score (nSPS) is 12.5. The van der Waals surface area contributed by atoms with E-state index >= 15 is 0 Å². The molecule has 15 heavy (non-hydrogen) atoms. The van der Waals surface area contributed by atoms with Crippen LogP contribution >= 0.6 is 0 Å². The molecule has 4 heteroatoms. The number of rotatable bonds is 5. The fraction of sp³-hybridized carbons (Fsp3) is 0.455. The van der Waals surface area contributed by atoms with Crippen LogP contribution in [0.15, 0.2) is 18.2 Å². The highest BCUT2D eigenvalue weighted by atomic mass is 19.1. The lowest BCUT2D eigenvalue weighted by molar-refractivity contribution is 0.0975. The van der Waals surface area contributed by atoms with Crippen LogP contribution in [0.2, 0.25) is 0 Å². The fourth-order valence-corrected chi connectivity index (χ4v) is 1.45. The SMILES string of the molecule is COc1cc(C(CCN)OC)ccc1F. The van der Waals surface area contributed by atoms with Crippen LogP contribution in [0, 0.1) is 5.82 Å². The third-order valence-corrected chi connectivity index (χ3v) is 2.26. The minimum atomic E-state index is -0.371. The molecule has 0 bridgehead atoms. The van der Waals surface area contributed by atoms with Gasteiger partial charge in [-0.05, 0) is 30.7 Å². The van der Waals surface area contributed by atoms with Crippen molar-refractivity contribution in [2.75, 3.05) is 20.8 Å². The van der Waals surface area contributed by atoms with Crippen molar-refractivity contribution < 1.29 is 13.9 Å². The minimum absolute atomic E-state index is 0.107. The van der Waals surface area contributed by atoms with Gasteiger partial charge in [0.05, 0.1) is 13.2 Å². The zero-order chi connectivity index (χ0) is 11.3. The molecule has 0 amide bonds. The smallest absolute Gasteiger partial charge is 0.165 e. The van der Waals surface area contributed by atoms with E-state index in [2.05, 4.69) is 0 Å². The molecule has 0 aromatic heterocycles. The van der Waals surface area contributed by atoms with Gasteiger partial charge in [-0.15, -0.1) is 0 Å². The summed E-state index contributed by atoms with van der Waals surface area (Å²) in [5, 5.41) is 0. The molecule has 3 nitrogen and oxygen atoms in total. The van der Waals surface area contributed by atoms with Crippen LogP contribution in [0.3, 0.4) is 0 Å². The van der Waals surface area contributed by atoms with Gasteiger partial charge >= 0.3 is 0 Å². The van der Waals surface area contributed by atoms with Gasteiger partial charge in [0.2, 0.25) is 0 Å². The topological polar surface area (TPSA) is 44.5 Å². The van der Waals surface area contributed by atoms with Gasteiger partial charge in [-0.25, -0.2) is 4.39 Å². The Bertz CT molecular complexity index is 317. The van der Waals surface area contributed by atoms with E-state index in [0.717, 1.165) is 5.56 Å². The van der Waals surface area contributed by atoms with Gasteiger partial charge in [-0.2, -0.15) is 0 Å². The summed E-state index contributed by atoms with van der Waals surface area (Å²) in [5.74, 6) is -0.143. The second-order valence-electron chi connectivity index (χ2n) is 3.20. The van der Waals surface area contributed by atoms with Crippen molar-refractivity contribution >= 4 is 0 Å². The molecule has 0 aliphatic rings. The number of ether oxygens (including phenoxy) is 2. The van der Waals surface area contributed by atoms with Gasteiger partial charge in [0.15, 0.2) is 11.6 Å². The van der Waals surface area contributed by atoms with Crippen LogP contribution in [0.25, 0.3) is 0 Å². The first kappa shape index (κ1) is 11.9. The highest BCUT2D eigenvalue weighted by Crippen LogP contribution is 2.25. The number of hydrogen-bond donors (Lipinski definition) is 1. The van der Waals surface area contributed by atoms with Crippen molar-refractivity contribution in [1.29, 1.82) is 0 Å². The summed E-state index contributed by atoms with van der Waals surface area (Å²) >= 11 is 0. The van der Waals surface area contributed by atoms with E-state index in [1.165, 1.54) is 13.2 Å². The standard InChI is InChI=1S/C11H16FNO2/c1-14-10(5-6-13)8-3-4-9(12)11(7-8)15-2/h3-4,7,10H,5-6,13H2,1-2H3. The number of halogens is 1. The molecule has 0 saturated heterocycles. The molecule has 0 aliphatic carbocycles. The summed E-state index contributed by atoms with van der Waals surface area (Å²) in [6.07, 6.45) is 0.593. The van der Waals surface area contributed by atoms with Gasteiger partial charge in [0, 0.05) is 7.11 Å². The molecule has 84 valence electrons. The van der Waals surface area contributed by atoms with Crippen molar-refractivity contribution in [3.05, 3.63) is 29.6 Å². The van der Waals surface area contributed by atoms with E-state index in [1.54, 1.807) is 19.2 Å². The van der Waals surface area contributed by atoms with Gasteiger partial charge in [0.25, 0.3) is 0 Å². The van der Waals surface area contributed by atoms with Gasteiger partial charge in [-0.1, -0.05) is 6.07 Å². The molecular weight excluding hydrogens is 197 g/mol. The second kappa shape index (κ2) is 5.68. The summed E-state index contributed by atoms with van der Waals surface area (Å²) in [4.78, 5) is 0. The maximum absolute atomic E-state index is 13.1. The maximum atomic E-state index is 13.1. The maximum Gasteiger partial charge on any atom is 0.165 e. The van der Waals surface area contributed by atoms with Crippen molar-refractivity contribution in [2.45, 2.75) is 12.5 Å². The van der Waals surface area contributed by atoms with Gasteiger partial charge in [-0.3, -0.25) is 0 Å². The molecule has 1 unspecified atom stereocenters. The molecule has 1 atom stereocenters. The van der Waals surface area contributed by atoms with Crippen molar-refractivity contribution in [3.8, 4) is 5.75 Å². The zero-order valence-electron chi connectivity index (χ0n) is 9.00. The molecule has 2 N–H and O–H groups in total. The third kappa shape index (κ3) is 2.91. The summed E-state index contributed by atoms with van der Waals surface area (Å²) in [5.41, 5.74) is 6.33. The molecule has 1 aromatic rings. The van der Waals surface area contributed by atoms with E-state index in [0.29, 0.717) is 13.0 Å². The van der Waals surface area contributed by atoms with Crippen LogP contribution in [-0.4, -0.2) is 20.8 Å². The summed E-state index contributed by atoms with van der Waals surface area (Å²) in [6, 6.07) is 4.69. The fourth-order valence-electron chi connectivity index (χ4n) is 1.45. The summed E-state index contributed by atoms with van der Waals surface area (Å²) in [6.45, 7) is 0.526. The Kier molecular flexibility index (Phi) is 4.52. The minimum Gasteiger partial charge on any atom is -0.494 e. The van der Waals surface area contributed by atoms with Crippen LogP contribution in [0.5, 0.6) is 5.75 Å². The molecule has 1 rings (SSSR count). The lowest BCUT2D eigenvalue weighted by atomic mass is 10.1. The number of nitrogens with two attached hydrogens (primary N) is 1. The van der Waals surface area contributed by atoms with E-state index in [1.807, 2.05) is 0 Å². The highest BCUT2D eigenvalue weighted by molar-refractivity contribution is 5.31. The number of hydrogen-bond acceptors (Lipinski definition) is 3. The Morgan fingerprint density at radius 2 is 2.13 bits per heavy atom. The molecule has 0 radical (unpaired) electrons. The first-order valence-corrected chi connectivity index (χ1v) is 4.79. The van der Waals surface area contributed by atoms with Crippen LogP contribution in [-0.2, 0) is 4.74 Å². The summed E-state index contributed by atoms with van der Waals surface area (Å²) < 4.78 is 23.3. The molecule has 0 saturated carbocycles. The Balaban J connectivity index is 2.92. The zero-order valence-corrected chi connectivity index (χ0v) is 9.00. The van der Waals surface area contributed by atoms with E-state index < -0.39 is 0 Å². The Hall–Kier alpha value is -1.13. The Morgan fingerprint density at radius 3 is 2.67 bits per heavy atom. The first-order valence-electron chi connectivity index (χ1n) is 4.79. The van der Waals surface area contributed by atoms with Crippen LogP contribution in [0.1, 0.15) is 18.1 Å². The van der Waals surface area contributed by atoms with Crippen LogP contribution < -0.4 is 10.5 Å². The predicted molar refractivity (Wildman–Crippen MR) is 56.4 cm³/mol. The molecule has 0 heterocycles. The second-order valence-corrected chi connectivity index (χ2v) is 3.20. The third-order valence-electron chi connectivity index (χ3n) is 2.26. The quantitative estimate of drug-likeness (QED) is 0.812. The first-order chi connectivity index (χ1) is 7.22. The number of methoxy groups -OCH3 is 2. The van der Waals surface area contributed by atoms with Crippen molar-refractivity contribution in [3.63, 3.8) is 0 Å². The van der Waals surface area contributed by atoms with E-state index in [4.69, 9.17) is 15.2 Å².